The van der Waals surface area contributed by atoms with E-state index in [4.69, 9.17) is 19.8 Å². The third-order valence-electron chi connectivity index (χ3n) is 6.21. The second kappa shape index (κ2) is 9.82. The van der Waals surface area contributed by atoms with Gasteiger partial charge in [0.05, 0.1) is 25.5 Å². The number of urea groups is 1. The molecular weight excluding hydrogens is 446 g/mol. The molecule has 1 aliphatic heterocycles. The van der Waals surface area contributed by atoms with Crippen LogP contribution in [0.3, 0.4) is 0 Å². The van der Waals surface area contributed by atoms with Gasteiger partial charge in [0.15, 0.2) is 5.82 Å². The molecule has 0 spiro atoms. The number of morpholine rings is 1. The average Bonchev–Trinajstić information content (AvgIpc) is 2.77. The zero-order valence-electron chi connectivity index (χ0n) is 18.7. The number of aliphatic hydroxyl groups is 1. The number of carbonyl (C=O) groups excluding carboxylic acids is 1. The maximum atomic E-state index is 11.8. The minimum Gasteiger partial charge on any atom is -0.395 e. The van der Waals surface area contributed by atoms with Crippen molar-refractivity contribution in [1.82, 2.24) is 15.3 Å². The lowest BCUT2D eigenvalue weighted by atomic mass is 9.81. The first-order valence-corrected chi connectivity index (χ1v) is 13.0. The number of aliphatic hydroxyl groups excluding tert-OH is 1. The summed E-state index contributed by atoms with van der Waals surface area (Å²) in [5.41, 5.74) is 2.01. The first kappa shape index (κ1) is 23.7. The Morgan fingerprint density at radius 3 is 2.45 bits per heavy atom. The van der Waals surface area contributed by atoms with Crippen LogP contribution in [-0.2, 0) is 9.48 Å². The molecule has 0 unspecified atom stereocenters. The van der Waals surface area contributed by atoms with Crippen LogP contribution in [0.5, 0.6) is 0 Å². The molecule has 2 heterocycles. The molecule has 2 aliphatic rings. The Morgan fingerprint density at radius 1 is 1.18 bits per heavy atom. The maximum absolute atomic E-state index is 11.8. The predicted octanol–water partition coefficient (Wildman–Crippen LogP) is 2.85. The fourth-order valence-corrected chi connectivity index (χ4v) is 5.70. The number of aromatic nitrogens is 2. The lowest BCUT2D eigenvalue weighted by Crippen LogP contribution is -2.41. The van der Waals surface area contributed by atoms with Crippen molar-refractivity contribution in [3.05, 3.63) is 36.0 Å². The first-order valence-electron chi connectivity index (χ1n) is 11.0. The van der Waals surface area contributed by atoms with Crippen LogP contribution < -0.4 is 15.5 Å². The van der Waals surface area contributed by atoms with Crippen molar-refractivity contribution < 1.29 is 23.7 Å². The average molecular weight is 478 g/mol. The van der Waals surface area contributed by atoms with Gasteiger partial charge in [-0.15, -0.1) is 0 Å². The zero-order chi connectivity index (χ0) is 23.5. The molecule has 11 heteroatoms. The van der Waals surface area contributed by atoms with Crippen LogP contribution in [0.25, 0.3) is 11.4 Å². The molecule has 1 aromatic carbocycles. The number of benzene rings is 1. The van der Waals surface area contributed by atoms with E-state index < -0.39 is 21.4 Å². The van der Waals surface area contributed by atoms with Crippen molar-refractivity contribution in [2.45, 2.75) is 24.0 Å². The van der Waals surface area contributed by atoms with Crippen LogP contribution in [-0.4, -0.2) is 75.9 Å². The Balaban J connectivity index is 1.66. The lowest BCUT2D eigenvalue weighted by molar-refractivity contribution is 0.122. The van der Waals surface area contributed by atoms with E-state index >= 15 is 0 Å². The van der Waals surface area contributed by atoms with Gasteiger partial charge in [-0.1, -0.05) is 0 Å². The standard InChI is InChI=1S/C22H31N5O5S/c1-33(30,31)22(7-2-8-22)18-15-19(27-10-13-32-14-11-27)26-20(25-18)16-3-5-17(6-4-16)24-21(29)23-9-12-28/h3-6,15,28,30-31H,2,7-14H2,1H3,(H2,23,24,29). The number of ether oxygens (including phenoxy) is 1. The normalized spacial score (nSPS) is 18.4. The number of amides is 2. The molecule has 0 radical (unpaired) electrons. The summed E-state index contributed by atoms with van der Waals surface area (Å²) >= 11 is 0. The Morgan fingerprint density at radius 2 is 1.88 bits per heavy atom. The van der Waals surface area contributed by atoms with Crippen LogP contribution in [0.4, 0.5) is 16.3 Å². The van der Waals surface area contributed by atoms with E-state index in [0.717, 1.165) is 17.8 Å². The molecule has 2 aromatic rings. The van der Waals surface area contributed by atoms with Crippen LogP contribution in [0.15, 0.2) is 30.3 Å². The second-order valence-electron chi connectivity index (χ2n) is 8.40. The summed E-state index contributed by atoms with van der Waals surface area (Å²) in [6, 6.07) is 8.65. The molecule has 0 atom stereocenters. The predicted molar refractivity (Wildman–Crippen MR) is 129 cm³/mol. The fourth-order valence-electron chi connectivity index (χ4n) is 4.14. The fraction of sp³-hybridized carbons (Fsp3) is 0.500. The number of anilines is 2. The molecule has 2 amide bonds. The highest BCUT2D eigenvalue weighted by Crippen LogP contribution is 2.65. The summed E-state index contributed by atoms with van der Waals surface area (Å²) in [5.74, 6) is 1.25. The highest BCUT2D eigenvalue weighted by Gasteiger charge is 2.49. The molecule has 1 aromatic heterocycles. The van der Waals surface area contributed by atoms with E-state index in [1.54, 1.807) is 12.1 Å². The van der Waals surface area contributed by atoms with E-state index in [1.165, 1.54) is 6.26 Å². The van der Waals surface area contributed by atoms with Gasteiger partial charge in [0, 0.05) is 43.2 Å². The van der Waals surface area contributed by atoms with Gasteiger partial charge in [-0.3, -0.25) is 9.11 Å². The highest BCUT2D eigenvalue weighted by atomic mass is 32.3. The van der Waals surface area contributed by atoms with Crippen molar-refractivity contribution in [2.24, 2.45) is 0 Å². The summed E-state index contributed by atoms with van der Waals surface area (Å²) in [4.78, 5) is 23.5. The Kier molecular flexibility index (Phi) is 7.05. The third kappa shape index (κ3) is 5.07. The smallest absolute Gasteiger partial charge is 0.319 e. The molecule has 0 bridgehead atoms. The molecule has 10 nitrogen and oxygen atoms in total. The lowest BCUT2D eigenvalue weighted by Gasteiger charge is -2.53. The highest BCUT2D eigenvalue weighted by molar-refractivity contribution is 8.24. The number of carbonyl (C=O) groups is 1. The van der Waals surface area contributed by atoms with E-state index in [2.05, 4.69) is 15.5 Å². The van der Waals surface area contributed by atoms with Gasteiger partial charge in [0.25, 0.3) is 0 Å². The molecule has 4 rings (SSSR count). The van der Waals surface area contributed by atoms with Gasteiger partial charge in [-0.05, 0) is 43.5 Å². The summed E-state index contributed by atoms with van der Waals surface area (Å²) in [5, 5.41) is 14.1. The van der Waals surface area contributed by atoms with Crippen molar-refractivity contribution in [3.8, 4) is 11.4 Å². The summed E-state index contributed by atoms with van der Waals surface area (Å²) in [7, 11) is -2.86. The minimum absolute atomic E-state index is 0.130. The largest absolute Gasteiger partial charge is 0.395 e. The second-order valence-corrected chi connectivity index (χ2v) is 10.8. The van der Waals surface area contributed by atoms with Crippen LogP contribution >= 0.6 is 10.6 Å². The monoisotopic (exact) mass is 477 g/mol. The van der Waals surface area contributed by atoms with Gasteiger partial charge in [0.1, 0.15) is 10.6 Å². The Bertz CT molecular complexity index is 972. The van der Waals surface area contributed by atoms with Gasteiger partial charge in [-0.2, -0.15) is 10.6 Å². The van der Waals surface area contributed by atoms with Gasteiger partial charge in [0.2, 0.25) is 0 Å². The Hall–Kier alpha value is -2.44. The summed E-state index contributed by atoms with van der Waals surface area (Å²) < 4.78 is 26.1. The number of hydrogen-bond donors (Lipinski definition) is 5. The van der Waals surface area contributed by atoms with Crippen LogP contribution in [0.1, 0.15) is 25.0 Å². The molecule has 1 saturated carbocycles. The zero-order valence-corrected chi connectivity index (χ0v) is 19.5. The summed E-state index contributed by atoms with van der Waals surface area (Å²) in [6.45, 7) is 2.68. The van der Waals surface area contributed by atoms with E-state index in [9.17, 15) is 13.9 Å². The first-order chi connectivity index (χ1) is 15.8. The number of hydrogen-bond acceptors (Lipinski definition) is 8. The third-order valence-corrected chi connectivity index (χ3v) is 8.31. The van der Waals surface area contributed by atoms with Crippen LogP contribution in [0, 0.1) is 0 Å². The van der Waals surface area contributed by atoms with E-state index in [0.29, 0.717) is 56.4 Å². The molecule has 2 fully saturated rings. The van der Waals surface area contributed by atoms with Gasteiger partial charge in [-0.25, -0.2) is 14.8 Å². The quantitative estimate of drug-likeness (QED) is 0.410. The minimum atomic E-state index is -2.86. The molecule has 5 N–H and O–H groups in total. The number of nitrogens with zero attached hydrogens (tertiary/aromatic N) is 3. The topological polar surface area (TPSA) is 140 Å². The molecule has 1 saturated heterocycles. The summed E-state index contributed by atoms with van der Waals surface area (Å²) in [6.07, 6.45) is 3.78. The SMILES string of the molecule is CS(O)(O)C1(c2cc(N3CCOCC3)nc(-c3ccc(NC(=O)NCCO)cc3)n2)CCC1. The van der Waals surface area contributed by atoms with Gasteiger partial charge >= 0.3 is 6.03 Å². The number of rotatable bonds is 7. The van der Waals surface area contributed by atoms with Crippen molar-refractivity contribution >= 4 is 28.1 Å². The molecule has 180 valence electrons. The van der Waals surface area contributed by atoms with Gasteiger partial charge < -0.3 is 25.4 Å². The van der Waals surface area contributed by atoms with Crippen LogP contribution in [0.2, 0.25) is 0 Å². The van der Waals surface area contributed by atoms with Crippen molar-refractivity contribution in [3.63, 3.8) is 0 Å². The molecule has 1 aliphatic carbocycles. The molecule has 33 heavy (non-hydrogen) atoms. The van der Waals surface area contributed by atoms with E-state index in [-0.39, 0.29) is 13.2 Å². The van der Waals surface area contributed by atoms with E-state index in [1.807, 2.05) is 18.2 Å². The number of nitrogens with one attached hydrogen (secondary N) is 2. The van der Waals surface area contributed by atoms with Crippen molar-refractivity contribution in [2.75, 3.05) is 55.9 Å². The molecular formula is C22H31N5O5S. The maximum Gasteiger partial charge on any atom is 0.319 e. The van der Waals surface area contributed by atoms with Crippen molar-refractivity contribution in [1.29, 1.82) is 0 Å². The Labute approximate surface area is 194 Å².